The zero-order valence-electron chi connectivity index (χ0n) is 35.3. The third kappa shape index (κ3) is 9.85. The zero-order chi connectivity index (χ0) is 42.4. The van der Waals surface area contributed by atoms with Gasteiger partial charge in [-0.3, -0.25) is 9.58 Å². The summed E-state index contributed by atoms with van der Waals surface area (Å²) in [6, 6.07) is 11.8. The van der Waals surface area contributed by atoms with Crippen LogP contribution in [0.2, 0.25) is 25.7 Å². The summed E-state index contributed by atoms with van der Waals surface area (Å²) < 4.78 is 65.8. The van der Waals surface area contributed by atoms with Crippen molar-refractivity contribution in [2.24, 2.45) is 0 Å². The van der Waals surface area contributed by atoms with E-state index in [1.165, 1.54) is 9.21 Å². The lowest BCUT2D eigenvalue weighted by atomic mass is 10.1. The SMILES string of the molecule is C[C@H]1CN(c2cc(S(=O)(=O)N(COCC[Si](C)(C)C)C3(C)CC3)cc3c2c(Br)nn3[C@@H]2C[C@@H](CF)N(C(=O)OCc3ccccc3)C2)C[C@H](C)N1C(=O)OC(C)(C)C. The molecule has 13 nitrogen and oxygen atoms in total. The average Bonchev–Trinajstić information content (AvgIpc) is 3.57. The first-order valence-electron chi connectivity index (χ1n) is 20.2. The van der Waals surface area contributed by atoms with Gasteiger partial charge >= 0.3 is 12.2 Å². The Labute approximate surface area is 352 Å². The number of halogens is 2. The van der Waals surface area contributed by atoms with Crippen LogP contribution in [0.4, 0.5) is 19.7 Å². The molecular formula is C41H60BrFN6O7SSi. The third-order valence-corrected chi connectivity index (χ3v) is 15.5. The topological polar surface area (TPSA) is 127 Å². The van der Waals surface area contributed by atoms with Gasteiger partial charge in [0.25, 0.3) is 0 Å². The van der Waals surface area contributed by atoms with Crippen molar-refractivity contribution in [3.05, 3.63) is 52.6 Å². The maximum Gasteiger partial charge on any atom is 0.410 e. The van der Waals surface area contributed by atoms with E-state index in [0.717, 1.165) is 11.6 Å². The highest BCUT2D eigenvalue weighted by Crippen LogP contribution is 2.46. The summed E-state index contributed by atoms with van der Waals surface area (Å²) in [7, 11) is -5.55. The largest absolute Gasteiger partial charge is 0.445 e. The molecule has 1 aliphatic carbocycles. The number of alkyl halides is 1. The number of ether oxygens (including phenoxy) is 3. The molecule has 320 valence electrons. The first-order valence-corrected chi connectivity index (χ1v) is 26.2. The molecule has 0 spiro atoms. The molecule has 2 aliphatic heterocycles. The van der Waals surface area contributed by atoms with Crippen LogP contribution in [0.1, 0.15) is 72.4 Å². The Morgan fingerprint density at radius 2 is 1.69 bits per heavy atom. The Kier molecular flexibility index (Phi) is 13.0. The van der Waals surface area contributed by atoms with Crippen LogP contribution in [0.15, 0.2) is 52.0 Å². The number of anilines is 1. The second-order valence-corrected chi connectivity index (χ2v) is 26.9. The molecule has 2 saturated heterocycles. The number of carbonyl (C=O) groups excluding carboxylic acids is 2. The predicted molar refractivity (Wildman–Crippen MR) is 229 cm³/mol. The summed E-state index contributed by atoms with van der Waals surface area (Å²) in [5, 5.41) is 5.59. The van der Waals surface area contributed by atoms with Gasteiger partial charge in [-0.2, -0.15) is 9.40 Å². The average molecular weight is 908 g/mol. The normalized spacial score (nSPS) is 22.5. The molecule has 0 unspecified atom stereocenters. The van der Waals surface area contributed by atoms with Gasteiger partial charge in [0.05, 0.1) is 45.7 Å². The highest BCUT2D eigenvalue weighted by Gasteiger charge is 2.50. The van der Waals surface area contributed by atoms with E-state index in [1.54, 1.807) is 21.7 Å². The number of likely N-dealkylation sites (tertiary alicyclic amines) is 1. The van der Waals surface area contributed by atoms with Crippen molar-refractivity contribution in [3.8, 4) is 0 Å². The van der Waals surface area contributed by atoms with E-state index in [-0.39, 0.29) is 43.3 Å². The second kappa shape index (κ2) is 17.0. The van der Waals surface area contributed by atoms with Crippen molar-refractivity contribution >= 4 is 62.8 Å². The summed E-state index contributed by atoms with van der Waals surface area (Å²) in [6.07, 6.45) is 0.659. The number of hydrogen-bond acceptors (Lipinski definition) is 9. The third-order valence-electron chi connectivity index (χ3n) is 11.3. The zero-order valence-corrected chi connectivity index (χ0v) is 38.7. The Morgan fingerprint density at radius 1 is 1.03 bits per heavy atom. The standard InChI is InChI=1S/C41H60BrFN6O7SSi/c1-28-23-45(24-29(2)48(28)39(51)56-40(3,4)5)34-20-33(57(52,53)47(41(6)15-16-41)27-54-17-18-58(7,8)9)21-35-36(34)37(42)44-49(35)32-19-31(22-43)46(25-32)38(50)55-26-30-13-11-10-12-14-30/h10-14,20-21,28-29,31-32H,15-19,22-27H2,1-9H3/t28-,29-,31-,32+/m0/s1. The number of aromatic nitrogens is 2. The Bertz CT molecular complexity index is 2060. The molecular weight excluding hydrogens is 848 g/mol. The first-order chi connectivity index (χ1) is 27.1. The minimum absolute atomic E-state index is 0.0516. The number of amides is 2. The smallest absolute Gasteiger partial charge is 0.410 e. The van der Waals surface area contributed by atoms with E-state index in [4.69, 9.17) is 19.3 Å². The molecule has 1 saturated carbocycles. The lowest BCUT2D eigenvalue weighted by Crippen LogP contribution is -2.59. The minimum Gasteiger partial charge on any atom is -0.445 e. The molecule has 3 aliphatic rings. The summed E-state index contributed by atoms with van der Waals surface area (Å²) >= 11 is 3.71. The van der Waals surface area contributed by atoms with E-state index < -0.39 is 60.2 Å². The molecule has 3 heterocycles. The quantitative estimate of drug-likeness (QED) is 0.0945. The number of piperazine rings is 1. The van der Waals surface area contributed by atoms with E-state index >= 15 is 0 Å². The van der Waals surface area contributed by atoms with Gasteiger partial charge in [0.15, 0.2) is 0 Å². The van der Waals surface area contributed by atoms with Gasteiger partial charge in [-0.1, -0.05) is 50.0 Å². The van der Waals surface area contributed by atoms with Crippen molar-refractivity contribution in [1.82, 2.24) is 23.9 Å². The highest BCUT2D eigenvalue weighted by atomic mass is 79.9. The number of nitrogens with zero attached hydrogens (tertiary/aromatic N) is 6. The molecule has 3 aromatic rings. The minimum atomic E-state index is -4.13. The van der Waals surface area contributed by atoms with Crippen molar-refractivity contribution < 1.29 is 36.6 Å². The molecule has 0 bridgehead atoms. The van der Waals surface area contributed by atoms with Crippen LogP contribution in [0.25, 0.3) is 10.9 Å². The Hall–Kier alpha value is -3.25. The number of rotatable bonds is 13. The summed E-state index contributed by atoms with van der Waals surface area (Å²) in [4.78, 5) is 32.1. The number of benzene rings is 2. The molecule has 0 N–H and O–H groups in total. The maximum absolute atomic E-state index is 15.0. The van der Waals surface area contributed by atoms with Crippen molar-refractivity contribution in [2.75, 3.05) is 44.5 Å². The van der Waals surface area contributed by atoms with Gasteiger partial charge in [-0.15, -0.1) is 0 Å². The van der Waals surface area contributed by atoms with Crippen LogP contribution < -0.4 is 4.90 Å². The van der Waals surface area contributed by atoms with Gasteiger partial charge in [0.1, 0.15) is 30.2 Å². The second-order valence-electron chi connectivity index (χ2n) is 18.7. The van der Waals surface area contributed by atoms with E-state index in [1.807, 2.05) is 71.9 Å². The fourth-order valence-electron chi connectivity index (χ4n) is 7.89. The van der Waals surface area contributed by atoms with Crippen LogP contribution in [-0.2, 0) is 30.8 Å². The van der Waals surface area contributed by atoms with Crippen molar-refractivity contribution in [3.63, 3.8) is 0 Å². The van der Waals surface area contributed by atoms with Gasteiger partial charge in [0, 0.05) is 39.9 Å². The van der Waals surface area contributed by atoms with Crippen LogP contribution in [0.5, 0.6) is 0 Å². The van der Waals surface area contributed by atoms with Crippen LogP contribution >= 0.6 is 15.9 Å². The molecule has 6 rings (SSSR count). The molecule has 2 aromatic carbocycles. The fourth-order valence-corrected chi connectivity index (χ4v) is 11.0. The van der Waals surface area contributed by atoms with Gasteiger partial charge in [-0.05, 0) is 100 Å². The monoisotopic (exact) mass is 906 g/mol. The number of sulfonamides is 1. The van der Waals surface area contributed by atoms with Gasteiger partial charge in [-0.25, -0.2) is 22.4 Å². The van der Waals surface area contributed by atoms with E-state index in [9.17, 15) is 22.4 Å². The number of carbonyl (C=O) groups is 2. The molecule has 1 aromatic heterocycles. The summed E-state index contributed by atoms with van der Waals surface area (Å²) in [6.45, 7) is 18.7. The first kappa shape index (κ1) is 44.3. The lowest BCUT2D eigenvalue weighted by molar-refractivity contribution is 0.00566. The molecule has 17 heteroatoms. The lowest BCUT2D eigenvalue weighted by Gasteiger charge is -2.45. The molecule has 4 atom stereocenters. The number of fused-ring (bicyclic) bond motifs is 1. The highest BCUT2D eigenvalue weighted by molar-refractivity contribution is 9.10. The van der Waals surface area contributed by atoms with Gasteiger partial charge < -0.3 is 24.0 Å². The molecule has 0 radical (unpaired) electrons. The molecule has 58 heavy (non-hydrogen) atoms. The molecule has 3 fully saturated rings. The summed E-state index contributed by atoms with van der Waals surface area (Å²) in [5.74, 6) is 0. The maximum atomic E-state index is 15.0. The van der Waals surface area contributed by atoms with E-state index in [2.05, 4.69) is 40.5 Å². The fraction of sp³-hybridized carbons (Fsp3) is 0.634. The number of hydrogen-bond donors (Lipinski definition) is 0. The predicted octanol–water partition coefficient (Wildman–Crippen LogP) is 8.41. The van der Waals surface area contributed by atoms with Gasteiger partial charge in [0.2, 0.25) is 10.0 Å². The van der Waals surface area contributed by atoms with Crippen LogP contribution in [0.3, 0.4) is 0 Å². The van der Waals surface area contributed by atoms with Crippen LogP contribution in [-0.4, -0.2) is 121 Å². The van der Waals surface area contributed by atoms with Crippen LogP contribution in [0, 0.1) is 0 Å². The van der Waals surface area contributed by atoms with Crippen molar-refractivity contribution in [2.45, 2.75) is 133 Å². The Morgan fingerprint density at radius 3 is 2.28 bits per heavy atom. The molecule has 2 amide bonds. The Balaban J connectivity index is 1.39. The van der Waals surface area contributed by atoms with Crippen molar-refractivity contribution in [1.29, 1.82) is 0 Å². The summed E-state index contributed by atoms with van der Waals surface area (Å²) in [5.41, 5.74) is 0.728. The van der Waals surface area contributed by atoms with E-state index in [0.29, 0.717) is 53.7 Å².